The van der Waals surface area contributed by atoms with Crippen molar-refractivity contribution in [1.29, 1.82) is 0 Å². The van der Waals surface area contributed by atoms with Crippen molar-refractivity contribution >= 4 is 11.6 Å². The predicted octanol–water partition coefficient (Wildman–Crippen LogP) is 4.79. The van der Waals surface area contributed by atoms with Gasteiger partial charge in [-0.25, -0.2) is 0 Å². The first kappa shape index (κ1) is 22.9. The fourth-order valence-corrected chi connectivity index (χ4v) is 5.19. The lowest BCUT2D eigenvalue weighted by atomic mass is 9.95. The maximum Gasteiger partial charge on any atom is 0.247 e. The number of carbonyl (C=O) groups excluding carboxylic acids is 1. The summed E-state index contributed by atoms with van der Waals surface area (Å²) in [6.45, 7) is 7.21. The summed E-state index contributed by atoms with van der Waals surface area (Å²) in [6, 6.07) is 10.7. The molecule has 0 radical (unpaired) electrons. The predicted molar refractivity (Wildman–Crippen MR) is 138 cm³/mol. The van der Waals surface area contributed by atoms with Crippen molar-refractivity contribution in [3.05, 3.63) is 59.8 Å². The van der Waals surface area contributed by atoms with Gasteiger partial charge in [-0.05, 0) is 56.5 Å². The molecular formula is C28H38N4O2. The van der Waals surface area contributed by atoms with Gasteiger partial charge < -0.3 is 19.6 Å². The summed E-state index contributed by atoms with van der Waals surface area (Å²) in [5.74, 6) is 1.22. The first-order valence-corrected chi connectivity index (χ1v) is 12.8. The third-order valence-corrected chi connectivity index (χ3v) is 7.56. The van der Waals surface area contributed by atoms with E-state index in [0.29, 0.717) is 12.3 Å². The molecule has 2 heterocycles. The minimum Gasteiger partial charge on any atom is -0.369 e. The minimum atomic E-state index is -0.218. The number of likely N-dealkylation sites (N-methyl/N-ethyl adjacent to an activating group) is 1. The molecule has 182 valence electrons. The van der Waals surface area contributed by atoms with E-state index in [9.17, 15) is 4.79 Å². The molecule has 1 aromatic carbocycles. The number of fused-ring (bicyclic) bond motifs is 1. The van der Waals surface area contributed by atoms with Crippen molar-refractivity contribution in [3.63, 3.8) is 0 Å². The third kappa shape index (κ3) is 4.69. The Bertz CT molecular complexity index is 1070. The van der Waals surface area contributed by atoms with Crippen LogP contribution in [0.1, 0.15) is 46.1 Å². The van der Waals surface area contributed by atoms with E-state index >= 15 is 0 Å². The number of nitrogens with zero attached hydrogens (tertiary/aromatic N) is 3. The molecular weight excluding hydrogens is 424 g/mol. The number of benzene rings is 1. The number of unbranched alkanes of at least 4 members (excludes halogenated alkanes) is 2. The summed E-state index contributed by atoms with van der Waals surface area (Å²) in [6.07, 6.45) is 11.5. The Kier molecular flexibility index (Phi) is 6.59. The maximum atomic E-state index is 12.8. The number of rotatable bonds is 8. The second-order valence-electron chi connectivity index (χ2n) is 10.0. The molecule has 1 saturated carbocycles. The van der Waals surface area contributed by atoms with Gasteiger partial charge in [-0.3, -0.25) is 4.79 Å². The summed E-state index contributed by atoms with van der Waals surface area (Å²) < 4.78 is 5.80. The number of hydrogen-bond donors (Lipinski definition) is 1. The third-order valence-electron chi connectivity index (χ3n) is 7.56. The first-order chi connectivity index (χ1) is 16.6. The Labute approximate surface area is 204 Å². The molecule has 2 fully saturated rings. The van der Waals surface area contributed by atoms with E-state index in [0.717, 1.165) is 81.0 Å². The van der Waals surface area contributed by atoms with Crippen LogP contribution in [0.4, 0.5) is 5.69 Å². The van der Waals surface area contributed by atoms with Gasteiger partial charge in [0.2, 0.25) is 5.91 Å². The molecule has 2 aliphatic carbocycles. The van der Waals surface area contributed by atoms with Crippen molar-refractivity contribution in [3.8, 4) is 11.3 Å². The summed E-state index contributed by atoms with van der Waals surface area (Å²) in [7, 11) is 2.17. The van der Waals surface area contributed by atoms with E-state index in [1.165, 1.54) is 5.69 Å². The van der Waals surface area contributed by atoms with Crippen LogP contribution in [0.15, 0.2) is 58.7 Å². The van der Waals surface area contributed by atoms with E-state index in [4.69, 9.17) is 4.52 Å². The average Bonchev–Trinajstić information content (AvgIpc) is 3.37. The van der Waals surface area contributed by atoms with Crippen LogP contribution in [0.3, 0.4) is 0 Å². The van der Waals surface area contributed by atoms with Crippen LogP contribution < -0.4 is 10.2 Å². The number of aromatic nitrogens is 1. The molecule has 2 unspecified atom stereocenters. The monoisotopic (exact) mass is 462 g/mol. The van der Waals surface area contributed by atoms with Gasteiger partial charge in [-0.15, -0.1) is 0 Å². The van der Waals surface area contributed by atoms with Crippen molar-refractivity contribution in [2.75, 3.05) is 44.7 Å². The number of piperazine rings is 1. The largest absolute Gasteiger partial charge is 0.369 e. The molecule has 1 amide bonds. The smallest absolute Gasteiger partial charge is 0.247 e. The molecule has 0 spiro atoms. The number of nitrogens with one attached hydrogen (secondary N) is 1. The Morgan fingerprint density at radius 2 is 2.00 bits per heavy atom. The molecule has 2 aromatic rings. The van der Waals surface area contributed by atoms with Gasteiger partial charge in [-0.1, -0.05) is 43.2 Å². The first-order valence-electron chi connectivity index (χ1n) is 12.8. The van der Waals surface area contributed by atoms with Crippen LogP contribution in [-0.2, 0) is 10.2 Å². The summed E-state index contributed by atoms with van der Waals surface area (Å²) in [5, 5.41) is 7.57. The summed E-state index contributed by atoms with van der Waals surface area (Å²) in [4.78, 5) is 17.6. The van der Waals surface area contributed by atoms with Crippen LogP contribution in [0.5, 0.6) is 0 Å². The van der Waals surface area contributed by atoms with Gasteiger partial charge in [0.1, 0.15) is 0 Å². The molecule has 2 atom stereocenters. The lowest BCUT2D eigenvalue weighted by molar-refractivity contribution is -0.117. The highest BCUT2D eigenvalue weighted by atomic mass is 16.5. The second-order valence-corrected chi connectivity index (χ2v) is 10.0. The van der Waals surface area contributed by atoms with Crippen LogP contribution in [-0.4, -0.2) is 55.7 Å². The molecule has 34 heavy (non-hydrogen) atoms. The normalized spacial score (nSPS) is 24.4. The number of amides is 1. The lowest BCUT2D eigenvalue weighted by Gasteiger charge is -2.34. The van der Waals surface area contributed by atoms with Crippen molar-refractivity contribution in [1.82, 2.24) is 15.4 Å². The SMILES string of the molecule is CCCCCNC(=O)C1=CC2(c3cc(-c4ccc(N5CCN(C)CC5)cc4)on3)CC2C=CC1.[HH]. The highest BCUT2D eigenvalue weighted by molar-refractivity contribution is 5.94. The Balaban J connectivity index is 0.00000289. The van der Waals surface area contributed by atoms with Crippen LogP contribution in [0.25, 0.3) is 11.3 Å². The van der Waals surface area contributed by atoms with E-state index in [2.05, 4.69) is 82.8 Å². The zero-order valence-corrected chi connectivity index (χ0v) is 20.4. The van der Waals surface area contributed by atoms with Crippen molar-refractivity contribution in [2.24, 2.45) is 5.92 Å². The molecule has 1 N–H and O–H groups in total. The number of anilines is 1. The Morgan fingerprint density at radius 1 is 1.21 bits per heavy atom. The van der Waals surface area contributed by atoms with Crippen LogP contribution >= 0.6 is 0 Å². The molecule has 3 aliphatic rings. The quantitative estimate of drug-likeness (QED) is 0.451. The summed E-state index contributed by atoms with van der Waals surface area (Å²) in [5.41, 5.74) is 3.84. The maximum absolute atomic E-state index is 12.8. The van der Waals surface area contributed by atoms with E-state index in [1.807, 2.05) is 0 Å². The molecule has 1 aromatic heterocycles. The van der Waals surface area contributed by atoms with Crippen molar-refractivity contribution in [2.45, 2.75) is 44.4 Å². The molecule has 1 saturated heterocycles. The van der Waals surface area contributed by atoms with Crippen LogP contribution in [0.2, 0.25) is 0 Å². The Morgan fingerprint density at radius 3 is 2.76 bits per heavy atom. The Hall–Kier alpha value is -2.86. The average molecular weight is 463 g/mol. The van der Waals surface area contributed by atoms with Gasteiger partial charge >= 0.3 is 0 Å². The van der Waals surface area contributed by atoms with E-state index in [-0.39, 0.29) is 12.7 Å². The van der Waals surface area contributed by atoms with Gasteiger partial charge in [0.15, 0.2) is 5.76 Å². The fraction of sp³-hybridized carbons (Fsp3) is 0.500. The highest BCUT2D eigenvalue weighted by Gasteiger charge is 2.55. The zero-order valence-electron chi connectivity index (χ0n) is 20.4. The molecule has 5 rings (SSSR count). The number of carbonyl (C=O) groups is 1. The molecule has 6 heteroatoms. The zero-order chi connectivity index (χ0) is 23.5. The standard InChI is InChI=1S/C28H36N4O2.H2/c1-3-4-5-13-29-27(33)22-7-6-8-23-20-28(23,19-22)26-18-25(34-30-26)21-9-11-24(12-10-21)32-16-14-31(2)15-17-32;/h6,8-12,18-19,23H,3-5,7,13-17,20H2,1-2H3,(H,29,33);1H. The fourth-order valence-electron chi connectivity index (χ4n) is 5.19. The topological polar surface area (TPSA) is 61.6 Å². The number of allylic oxidation sites excluding steroid dienone is 3. The lowest BCUT2D eigenvalue weighted by Crippen LogP contribution is -2.44. The van der Waals surface area contributed by atoms with Gasteiger partial charge in [-0.2, -0.15) is 0 Å². The molecule has 0 bridgehead atoms. The van der Waals surface area contributed by atoms with E-state index < -0.39 is 0 Å². The van der Waals surface area contributed by atoms with Gasteiger partial charge in [0.05, 0.1) is 5.69 Å². The molecule has 1 aliphatic heterocycles. The van der Waals surface area contributed by atoms with E-state index in [1.54, 1.807) is 0 Å². The van der Waals surface area contributed by atoms with Gasteiger partial charge in [0.25, 0.3) is 0 Å². The molecule has 6 nitrogen and oxygen atoms in total. The van der Waals surface area contributed by atoms with Crippen LogP contribution in [0, 0.1) is 5.92 Å². The second kappa shape index (κ2) is 9.79. The number of hydrogen-bond acceptors (Lipinski definition) is 5. The summed E-state index contributed by atoms with van der Waals surface area (Å²) >= 11 is 0. The highest BCUT2D eigenvalue weighted by Crippen LogP contribution is 2.58. The van der Waals surface area contributed by atoms with Gasteiger partial charge in [0, 0.05) is 62.5 Å². The van der Waals surface area contributed by atoms with Crippen molar-refractivity contribution < 1.29 is 10.7 Å². The minimum absolute atomic E-state index is 0.